The van der Waals surface area contributed by atoms with E-state index in [2.05, 4.69) is 26.8 Å². The predicted molar refractivity (Wildman–Crippen MR) is 127 cm³/mol. The van der Waals surface area contributed by atoms with E-state index in [-0.39, 0.29) is 5.91 Å². The highest BCUT2D eigenvalue weighted by Crippen LogP contribution is 2.17. The van der Waals surface area contributed by atoms with Crippen LogP contribution in [0.25, 0.3) is 16.7 Å². The topological polar surface area (TPSA) is 73.5 Å². The molecule has 0 unspecified atom stereocenters. The lowest BCUT2D eigenvalue weighted by Crippen LogP contribution is -2.24. The molecule has 0 bridgehead atoms. The average Bonchev–Trinajstić information content (AvgIpc) is 3.41. The second kappa shape index (κ2) is 8.78. The molecule has 1 N–H and O–H groups in total. The number of benzene rings is 2. The van der Waals surface area contributed by atoms with Gasteiger partial charge < -0.3 is 19.0 Å². The van der Waals surface area contributed by atoms with Crippen LogP contribution < -0.4 is 10.1 Å². The zero-order chi connectivity index (χ0) is 22.8. The molecule has 7 heteroatoms. The van der Waals surface area contributed by atoms with Crippen molar-refractivity contribution in [2.24, 2.45) is 0 Å². The maximum Gasteiger partial charge on any atom is 0.251 e. The molecule has 3 heterocycles. The first-order valence-corrected chi connectivity index (χ1v) is 11.0. The number of hydrogen-bond donors (Lipinski definition) is 1. The minimum Gasteiger partial charge on any atom is -0.487 e. The molecule has 0 radical (unpaired) electrons. The Morgan fingerprint density at radius 1 is 1.00 bits per heavy atom. The maximum atomic E-state index is 12.6. The van der Waals surface area contributed by atoms with Crippen molar-refractivity contribution in [3.63, 3.8) is 0 Å². The fraction of sp³-hybridized carbons (Fsp3) is 0.192. The molecule has 0 atom stereocenters. The lowest BCUT2D eigenvalue weighted by Gasteiger charge is -2.09. The van der Waals surface area contributed by atoms with E-state index < -0.39 is 0 Å². The standard InChI is InChI=1S/C26H25N5O2/c1-3-31-23-7-5-4-6-22(23)29-25(31)14-27-26(32)19-9-11-21(12-10-19)33-17-20-16-30-15-18(2)8-13-24(30)28-20/h4-13,15-16H,3,14,17H2,1-2H3,(H,27,32). The number of nitrogens with one attached hydrogen (secondary N) is 1. The first kappa shape index (κ1) is 20.8. The van der Waals surface area contributed by atoms with Crippen molar-refractivity contribution in [3.05, 3.63) is 95.7 Å². The number of nitrogens with zero attached hydrogens (tertiary/aromatic N) is 4. The molecule has 0 saturated heterocycles. The van der Waals surface area contributed by atoms with Gasteiger partial charge in [-0.1, -0.05) is 18.2 Å². The zero-order valence-electron chi connectivity index (χ0n) is 18.7. The molecule has 33 heavy (non-hydrogen) atoms. The van der Waals surface area contributed by atoms with Crippen LogP contribution in [0.1, 0.15) is 34.4 Å². The van der Waals surface area contributed by atoms with Crippen molar-refractivity contribution in [3.8, 4) is 5.75 Å². The molecular formula is C26H25N5O2. The molecule has 0 aliphatic rings. The fourth-order valence-corrected chi connectivity index (χ4v) is 3.96. The van der Waals surface area contributed by atoms with Crippen molar-refractivity contribution >= 4 is 22.6 Å². The number of hydrogen-bond acceptors (Lipinski definition) is 4. The summed E-state index contributed by atoms with van der Waals surface area (Å²) < 4.78 is 9.97. The van der Waals surface area contributed by atoms with E-state index in [0.29, 0.717) is 24.5 Å². The number of pyridine rings is 1. The number of aromatic nitrogens is 4. The van der Waals surface area contributed by atoms with E-state index in [1.807, 2.05) is 60.1 Å². The summed E-state index contributed by atoms with van der Waals surface area (Å²) in [6, 6.07) is 19.2. The third-order valence-electron chi connectivity index (χ3n) is 5.61. The van der Waals surface area contributed by atoms with Crippen molar-refractivity contribution in [1.29, 1.82) is 0 Å². The summed E-state index contributed by atoms with van der Waals surface area (Å²) in [4.78, 5) is 21.9. The Bertz CT molecular complexity index is 1430. The Kier molecular flexibility index (Phi) is 5.52. The largest absolute Gasteiger partial charge is 0.487 e. The van der Waals surface area contributed by atoms with Crippen molar-refractivity contribution in [2.75, 3.05) is 0 Å². The lowest BCUT2D eigenvalue weighted by atomic mass is 10.2. The van der Waals surface area contributed by atoms with Gasteiger partial charge in [0.15, 0.2) is 0 Å². The minimum absolute atomic E-state index is 0.146. The smallest absolute Gasteiger partial charge is 0.251 e. The minimum atomic E-state index is -0.146. The van der Waals surface area contributed by atoms with E-state index in [1.54, 1.807) is 24.3 Å². The number of imidazole rings is 2. The van der Waals surface area contributed by atoms with E-state index in [4.69, 9.17) is 4.74 Å². The van der Waals surface area contributed by atoms with Crippen LogP contribution in [-0.2, 0) is 19.7 Å². The number of para-hydroxylation sites is 2. The number of rotatable bonds is 7. The second-order valence-electron chi connectivity index (χ2n) is 7.96. The molecule has 5 aromatic rings. The van der Waals surface area contributed by atoms with Crippen LogP contribution in [-0.4, -0.2) is 24.8 Å². The highest BCUT2D eigenvalue weighted by molar-refractivity contribution is 5.94. The molecular weight excluding hydrogens is 414 g/mol. The van der Waals surface area contributed by atoms with Crippen molar-refractivity contribution in [2.45, 2.75) is 33.5 Å². The Balaban J connectivity index is 1.20. The molecule has 0 aliphatic carbocycles. The number of amides is 1. The molecule has 5 rings (SSSR count). The van der Waals surface area contributed by atoms with Crippen molar-refractivity contribution < 1.29 is 9.53 Å². The van der Waals surface area contributed by atoms with Gasteiger partial charge in [0.25, 0.3) is 5.91 Å². The van der Waals surface area contributed by atoms with Crippen LogP contribution in [0.5, 0.6) is 5.75 Å². The van der Waals surface area contributed by atoms with Crippen LogP contribution in [0.3, 0.4) is 0 Å². The summed E-state index contributed by atoms with van der Waals surface area (Å²) in [6.07, 6.45) is 4.00. The molecule has 2 aromatic carbocycles. The molecule has 0 spiro atoms. The summed E-state index contributed by atoms with van der Waals surface area (Å²) >= 11 is 0. The van der Waals surface area contributed by atoms with E-state index in [0.717, 1.165) is 34.7 Å². The van der Waals surface area contributed by atoms with Crippen LogP contribution in [0.2, 0.25) is 0 Å². The summed E-state index contributed by atoms with van der Waals surface area (Å²) in [5.74, 6) is 1.38. The summed E-state index contributed by atoms with van der Waals surface area (Å²) in [7, 11) is 0. The van der Waals surface area contributed by atoms with Gasteiger partial charge in [-0.2, -0.15) is 0 Å². The van der Waals surface area contributed by atoms with Gasteiger partial charge in [-0.3, -0.25) is 4.79 Å². The van der Waals surface area contributed by atoms with Gasteiger partial charge in [0.2, 0.25) is 0 Å². The van der Waals surface area contributed by atoms with E-state index in [1.165, 1.54) is 5.56 Å². The van der Waals surface area contributed by atoms with Crippen LogP contribution in [0.4, 0.5) is 0 Å². The summed E-state index contributed by atoms with van der Waals surface area (Å²) in [6.45, 7) is 5.65. The molecule has 166 valence electrons. The lowest BCUT2D eigenvalue weighted by molar-refractivity contribution is 0.0949. The van der Waals surface area contributed by atoms with Gasteiger partial charge in [0.1, 0.15) is 23.8 Å². The summed E-state index contributed by atoms with van der Waals surface area (Å²) in [5.41, 5.74) is 5.50. The van der Waals surface area contributed by atoms with Gasteiger partial charge in [0, 0.05) is 24.5 Å². The Labute approximate surface area is 191 Å². The third kappa shape index (κ3) is 4.30. The number of ether oxygens (including phenoxy) is 1. The number of aryl methyl sites for hydroxylation is 2. The number of fused-ring (bicyclic) bond motifs is 2. The van der Waals surface area contributed by atoms with E-state index in [9.17, 15) is 4.79 Å². The Hall–Kier alpha value is -4.13. The SMILES string of the molecule is CCn1c(CNC(=O)c2ccc(OCc3cn4cc(C)ccc4n3)cc2)nc2ccccc21. The van der Waals surface area contributed by atoms with Gasteiger partial charge in [0.05, 0.1) is 23.3 Å². The normalized spacial score (nSPS) is 11.2. The first-order valence-electron chi connectivity index (χ1n) is 11.0. The molecule has 0 saturated carbocycles. The molecule has 0 aliphatic heterocycles. The molecule has 0 fully saturated rings. The second-order valence-corrected chi connectivity index (χ2v) is 7.96. The fourth-order valence-electron chi connectivity index (χ4n) is 3.96. The Morgan fingerprint density at radius 2 is 1.82 bits per heavy atom. The Morgan fingerprint density at radius 3 is 2.64 bits per heavy atom. The van der Waals surface area contributed by atoms with Crippen LogP contribution >= 0.6 is 0 Å². The zero-order valence-corrected chi connectivity index (χ0v) is 18.7. The van der Waals surface area contributed by atoms with Gasteiger partial charge in [-0.05, 0) is 61.9 Å². The number of carbonyl (C=O) groups is 1. The molecule has 3 aromatic heterocycles. The average molecular weight is 440 g/mol. The van der Waals surface area contributed by atoms with Gasteiger partial charge in [-0.15, -0.1) is 0 Å². The molecule has 7 nitrogen and oxygen atoms in total. The van der Waals surface area contributed by atoms with Crippen molar-refractivity contribution in [1.82, 2.24) is 24.3 Å². The van der Waals surface area contributed by atoms with E-state index >= 15 is 0 Å². The van der Waals surface area contributed by atoms with Gasteiger partial charge >= 0.3 is 0 Å². The first-order chi connectivity index (χ1) is 16.1. The third-order valence-corrected chi connectivity index (χ3v) is 5.61. The summed E-state index contributed by atoms with van der Waals surface area (Å²) in [5, 5.41) is 2.97. The number of carbonyl (C=O) groups excluding carboxylic acids is 1. The molecule has 1 amide bonds. The quantitative estimate of drug-likeness (QED) is 0.405. The van der Waals surface area contributed by atoms with Crippen LogP contribution in [0, 0.1) is 6.92 Å². The maximum absolute atomic E-state index is 12.6. The van der Waals surface area contributed by atoms with Gasteiger partial charge in [-0.25, -0.2) is 9.97 Å². The monoisotopic (exact) mass is 439 g/mol. The highest BCUT2D eigenvalue weighted by Gasteiger charge is 2.12. The predicted octanol–water partition coefficient (Wildman–Crippen LogP) is 4.52. The van der Waals surface area contributed by atoms with Crippen LogP contribution in [0.15, 0.2) is 73.1 Å². The highest BCUT2D eigenvalue weighted by atomic mass is 16.5.